The van der Waals surface area contributed by atoms with Crippen molar-refractivity contribution in [2.45, 2.75) is 52.0 Å². The lowest BCUT2D eigenvalue weighted by Gasteiger charge is -2.30. The Kier molecular flexibility index (Phi) is 8.93. The fourth-order valence-electron chi connectivity index (χ4n) is 6.14. The Morgan fingerprint density at radius 2 is 1.68 bits per heavy atom. The molecule has 3 aromatic rings. The number of hydrogen-bond acceptors (Lipinski definition) is 5. The summed E-state index contributed by atoms with van der Waals surface area (Å²) in [4.78, 5) is 30.9. The zero-order valence-corrected chi connectivity index (χ0v) is 24.2. The van der Waals surface area contributed by atoms with E-state index in [1.165, 1.54) is 5.56 Å². The molecular weight excluding hydrogens is 516 g/mol. The molecule has 2 heterocycles. The summed E-state index contributed by atoms with van der Waals surface area (Å²) in [5, 5.41) is 10.6. The summed E-state index contributed by atoms with van der Waals surface area (Å²) >= 11 is 0. The summed E-state index contributed by atoms with van der Waals surface area (Å²) in [5.41, 5.74) is 4.96. The van der Waals surface area contributed by atoms with E-state index >= 15 is 0 Å². The number of hydrogen-bond donors (Lipinski definition) is 1. The van der Waals surface area contributed by atoms with Gasteiger partial charge in [-0.25, -0.2) is 0 Å². The molecule has 2 aliphatic heterocycles. The van der Waals surface area contributed by atoms with Gasteiger partial charge in [-0.05, 0) is 66.3 Å². The molecule has 1 fully saturated rings. The highest BCUT2D eigenvalue weighted by Crippen LogP contribution is 2.47. The Morgan fingerprint density at radius 3 is 2.37 bits per heavy atom. The molecule has 1 N–H and O–H groups in total. The molecule has 0 bridgehead atoms. The van der Waals surface area contributed by atoms with Crippen molar-refractivity contribution < 1.29 is 24.2 Å². The molecule has 0 radical (unpaired) electrons. The number of benzene rings is 3. The predicted octanol–water partition coefficient (Wildman–Crippen LogP) is 6.00. The number of nitrogens with zero attached hydrogens (tertiary/aromatic N) is 2. The Morgan fingerprint density at radius 1 is 0.951 bits per heavy atom. The molecule has 7 nitrogen and oxygen atoms in total. The number of anilines is 1. The van der Waals surface area contributed by atoms with E-state index in [1.807, 2.05) is 66.4 Å². The number of rotatable bonds is 10. The van der Waals surface area contributed by atoms with Crippen molar-refractivity contribution in [2.24, 2.45) is 5.92 Å². The van der Waals surface area contributed by atoms with Crippen LogP contribution in [0.4, 0.5) is 5.69 Å². The highest BCUT2D eigenvalue weighted by atomic mass is 16.6. The van der Waals surface area contributed by atoms with E-state index in [4.69, 9.17) is 9.47 Å². The minimum absolute atomic E-state index is 0.0220. The largest absolute Gasteiger partial charge is 0.486 e. The number of likely N-dealkylation sites (tertiary alicyclic amines) is 1. The van der Waals surface area contributed by atoms with E-state index in [9.17, 15) is 14.7 Å². The second kappa shape index (κ2) is 12.8. The number of carbonyl (C=O) groups is 2. The molecule has 1 saturated heterocycles. The number of aliphatic carboxylic acids is 1. The molecule has 0 saturated carbocycles. The predicted molar refractivity (Wildman–Crippen MR) is 160 cm³/mol. The molecule has 41 heavy (non-hydrogen) atoms. The molecule has 3 aromatic carbocycles. The smallest absolute Gasteiger partial charge is 0.309 e. The summed E-state index contributed by atoms with van der Waals surface area (Å²) in [5.74, 6) is -0.636. The number of carbonyl (C=O) groups excluding carboxylic acids is 1. The topological polar surface area (TPSA) is 79.3 Å². The van der Waals surface area contributed by atoms with Gasteiger partial charge in [-0.15, -0.1) is 0 Å². The zero-order valence-electron chi connectivity index (χ0n) is 24.2. The van der Waals surface area contributed by atoms with Gasteiger partial charge < -0.3 is 19.5 Å². The molecule has 0 aliphatic carbocycles. The average Bonchev–Trinajstić information content (AvgIpc) is 3.36. The molecule has 216 valence electrons. The average molecular weight is 557 g/mol. The minimum atomic E-state index is -0.870. The number of carboxylic acid groups (broad SMARTS) is 1. The van der Waals surface area contributed by atoms with Crippen molar-refractivity contribution in [3.05, 3.63) is 89.0 Å². The van der Waals surface area contributed by atoms with Crippen LogP contribution in [0.2, 0.25) is 0 Å². The SMILES string of the molecule is CCCCN(C(=O)CN1C[C@H](c2ccc3c(c2)OCCO3)[C@H](C(=O)O)[C@H]1c1ccc(CC)cc1)c1cccc(C)c1. The molecule has 7 heteroatoms. The quantitative estimate of drug-likeness (QED) is 0.330. The fourth-order valence-corrected chi connectivity index (χ4v) is 6.14. The fraction of sp³-hybridized carbons (Fsp3) is 0.412. The highest BCUT2D eigenvalue weighted by molar-refractivity contribution is 5.95. The van der Waals surface area contributed by atoms with Gasteiger partial charge in [-0.2, -0.15) is 0 Å². The number of ether oxygens (including phenoxy) is 2. The van der Waals surface area contributed by atoms with Crippen LogP contribution in [0.1, 0.15) is 60.9 Å². The lowest BCUT2D eigenvalue weighted by atomic mass is 9.82. The first-order valence-electron chi connectivity index (χ1n) is 14.7. The van der Waals surface area contributed by atoms with Crippen molar-refractivity contribution in [2.75, 3.05) is 37.7 Å². The van der Waals surface area contributed by atoms with Gasteiger partial charge in [0, 0.05) is 30.7 Å². The molecule has 5 rings (SSSR count). The maximum atomic E-state index is 14.0. The summed E-state index contributed by atoms with van der Waals surface area (Å²) in [6.07, 6.45) is 2.76. The number of carboxylic acids is 1. The van der Waals surface area contributed by atoms with E-state index in [-0.39, 0.29) is 18.4 Å². The first-order chi connectivity index (χ1) is 19.9. The molecule has 2 aliphatic rings. The van der Waals surface area contributed by atoms with Gasteiger partial charge in [0.25, 0.3) is 0 Å². The Labute approximate surface area is 242 Å². The van der Waals surface area contributed by atoms with Crippen LogP contribution < -0.4 is 14.4 Å². The van der Waals surface area contributed by atoms with Crippen LogP contribution in [0.3, 0.4) is 0 Å². The van der Waals surface area contributed by atoms with Gasteiger partial charge in [-0.3, -0.25) is 14.5 Å². The maximum Gasteiger partial charge on any atom is 0.309 e. The van der Waals surface area contributed by atoms with E-state index in [1.54, 1.807) is 0 Å². The Hall–Kier alpha value is -3.84. The summed E-state index contributed by atoms with van der Waals surface area (Å²) in [6, 6.07) is 21.5. The normalized spacial score (nSPS) is 20.1. The third-order valence-electron chi connectivity index (χ3n) is 8.30. The molecule has 0 aromatic heterocycles. The summed E-state index contributed by atoms with van der Waals surface area (Å²) in [6.45, 7) is 8.39. The van der Waals surface area contributed by atoms with Crippen LogP contribution in [0, 0.1) is 12.8 Å². The summed E-state index contributed by atoms with van der Waals surface area (Å²) in [7, 11) is 0. The number of fused-ring (bicyclic) bond motifs is 1. The zero-order chi connectivity index (χ0) is 28.9. The lowest BCUT2D eigenvalue weighted by Crippen LogP contribution is -2.41. The van der Waals surface area contributed by atoms with Crippen molar-refractivity contribution in [1.82, 2.24) is 4.90 Å². The second-order valence-corrected chi connectivity index (χ2v) is 11.1. The third kappa shape index (κ3) is 6.25. The standard InChI is InChI=1S/C34H40N2O5/c1-4-6-16-36(27-9-7-8-23(3)19-27)31(37)22-35-21-28(26-14-15-29-30(20-26)41-18-17-40-29)32(34(38)39)33(35)25-12-10-24(5-2)11-13-25/h7-15,19-20,28,32-33H,4-6,16-18,21-22H2,1-3H3,(H,38,39)/t28-,32+,33-/m1/s1. The monoisotopic (exact) mass is 556 g/mol. The van der Waals surface area contributed by atoms with E-state index in [0.29, 0.717) is 37.8 Å². The number of amides is 1. The van der Waals surface area contributed by atoms with E-state index in [0.717, 1.165) is 41.6 Å². The van der Waals surface area contributed by atoms with Gasteiger partial charge >= 0.3 is 5.97 Å². The minimum Gasteiger partial charge on any atom is -0.486 e. The van der Waals surface area contributed by atoms with Crippen molar-refractivity contribution in [1.29, 1.82) is 0 Å². The van der Waals surface area contributed by atoms with Gasteiger partial charge in [0.15, 0.2) is 11.5 Å². The van der Waals surface area contributed by atoms with Crippen molar-refractivity contribution in [3.8, 4) is 11.5 Å². The maximum absolute atomic E-state index is 14.0. The van der Waals surface area contributed by atoms with Crippen LogP contribution in [-0.2, 0) is 16.0 Å². The Bertz CT molecular complexity index is 1370. The number of aryl methyl sites for hydroxylation is 2. The van der Waals surface area contributed by atoms with E-state index < -0.39 is 17.9 Å². The third-order valence-corrected chi connectivity index (χ3v) is 8.30. The lowest BCUT2D eigenvalue weighted by molar-refractivity contribution is -0.143. The van der Waals surface area contributed by atoms with Crippen LogP contribution >= 0.6 is 0 Å². The van der Waals surface area contributed by atoms with Gasteiger partial charge in [0.05, 0.1) is 12.5 Å². The molecular formula is C34H40N2O5. The van der Waals surface area contributed by atoms with Crippen LogP contribution in [0.25, 0.3) is 0 Å². The van der Waals surface area contributed by atoms with Crippen LogP contribution in [-0.4, -0.2) is 54.7 Å². The van der Waals surface area contributed by atoms with Gasteiger partial charge in [0.1, 0.15) is 13.2 Å². The van der Waals surface area contributed by atoms with Crippen molar-refractivity contribution in [3.63, 3.8) is 0 Å². The van der Waals surface area contributed by atoms with Crippen LogP contribution in [0.15, 0.2) is 66.7 Å². The first-order valence-corrected chi connectivity index (χ1v) is 14.7. The summed E-state index contributed by atoms with van der Waals surface area (Å²) < 4.78 is 11.5. The van der Waals surface area contributed by atoms with Crippen molar-refractivity contribution >= 4 is 17.6 Å². The molecule has 0 unspecified atom stereocenters. The Balaban J connectivity index is 1.51. The van der Waals surface area contributed by atoms with Gasteiger partial charge in [-0.1, -0.05) is 62.7 Å². The second-order valence-electron chi connectivity index (χ2n) is 11.1. The molecule has 1 amide bonds. The highest BCUT2D eigenvalue weighted by Gasteiger charge is 2.48. The van der Waals surface area contributed by atoms with Crippen LogP contribution in [0.5, 0.6) is 11.5 Å². The first kappa shape index (κ1) is 28.7. The van der Waals surface area contributed by atoms with E-state index in [2.05, 4.69) is 30.9 Å². The number of unbranched alkanes of at least 4 members (excludes halogenated alkanes) is 1. The molecule has 3 atom stereocenters. The molecule has 0 spiro atoms. The van der Waals surface area contributed by atoms with Gasteiger partial charge in [0.2, 0.25) is 5.91 Å².